The van der Waals surface area contributed by atoms with E-state index in [1.165, 1.54) is 45.6 Å². The van der Waals surface area contributed by atoms with Crippen molar-refractivity contribution in [3.8, 4) is 40.1 Å². The summed E-state index contributed by atoms with van der Waals surface area (Å²) in [4.78, 5) is 48.2. The molecule has 1 aliphatic carbocycles. The van der Waals surface area contributed by atoms with Gasteiger partial charge < -0.3 is 43.9 Å². The van der Waals surface area contributed by atoms with E-state index in [0.717, 1.165) is 11.3 Å². The molecule has 1 amide bonds. The normalized spacial score (nSPS) is 18.6. The van der Waals surface area contributed by atoms with Crippen LogP contribution >= 0.6 is 11.6 Å². The number of ketones is 2. The Morgan fingerprint density at radius 1 is 1.04 bits per heavy atom. The smallest absolute Gasteiger partial charge is 0.246 e. The second-order valence-electron chi connectivity index (χ2n) is 12.7. The van der Waals surface area contributed by atoms with Crippen LogP contribution in [0, 0.1) is 5.92 Å². The highest BCUT2D eigenvalue weighted by Gasteiger charge is 2.61. The molecule has 0 saturated heterocycles. The van der Waals surface area contributed by atoms with Gasteiger partial charge in [-0.3, -0.25) is 14.4 Å². The number of methoxy groups -OCH3 is 3. The van der Waals surface area contributed by atoms with Gasteiger partial charge in [-0.05, 0) is 42.0 Å². The van der Waals surface area contributed by atoms with E-state index >= 15 is 0 Å². The third-order valence-electron chi connectivity index (χ3n) is 9.40. The predicted octanol–water partition coefficient (Wildman–Crippen LogP) is 5.41. The summed E-state index contributed by atoms with van der Waals surface area (Å²) < 4.78 is 27.8. The Kier molecular flexibility index (Phi) is 9.77. The number of aliphatic hydroxyl groups is 1. The number of hydrogen-bond donors (Lipinski definition) is 3. The van der Waals surface area contributed by atoms with Crippen molar-refractivity contribution in [3.05, 3.63) is 81.9 Å². The number of ether oxygens (including phenoxy) is 4. The molecule has 0 bridgehead atoms. The maximum Gasteiger partial charge on any atom is 0.246 e. The first kappa shape index (κ1) is 36.0. The van der Waals surface area contributed by atoms with Gasteiger partial charge in [-0.2, -0.15) is 4.98 Å². The fourth-order valence-electron chi connectivity index (χ4n) is 6.62. The van der Waals surface area contributed by atoms with Crippen molar-refractivity contribution in [2.24, 2.45) is 5.92 Å². The maximum absolute atomic E-state index is 14.3. The Balaban J connectivity index is 1.35. The number of benzene rings is 3. The number of fused-ring (bicyclic) bond motifs is 1. The first-order valence-electron chi connectivity index (χ1n) is 16.2. The van der Waals surface area contributed by atoms with Crippen LogP contribution in [0.25, 0.3) is 11.4 Å². The number of carbonyl (C=O) groups is 3. The zero-order valence-corrected chi connectivity index (χ0v) is 30.0. The number of aliphatic hydroxyl groups excluding tert-OH is 1. The van der Waals surface area contributed by atoms with Crippen molar-refractivity contribution in [3.63, 3.8) is 0 Å². The summed E-state index contributed by atoms with van der Waals surface area (Å²) in [6, 6.07) is 13.3. The number of allylic oxidation sites excluding steroid dienone is 1. The van der Waals surface area contributed by atoms with Crippen LogP contribution in [0.15, 0.2) is 64.4 Å². The van der Waals surface area contributed by atoms with Crippen molar-refractivity contribution in [1.82, 2.24) is 15.5 Å². The van der Waals surface area contributed by atoms with E-state index in [2.05, 4.69) is 15.5 Å². The summed E-state index contributed by atoms with van der Waals surface area (Å²) in [6.07, 6.45) is -0.598. The average molecular weight is 733 g/mol. The van der Waals surface area contributed by atoms with Crippen LogP contribution in [0.5, 0.6) is 28.7 Å². The number of amides is 1. The van der Waals surface area contributed by atoms with E-state index in [1.54, 1.807) is 6.92 Å². The molecule has 272 valence electrons. The highest BCUT2D eigenvalue weighted by Crippen LogP contribution is 2.56. The van der Waals surface area contributed by atoms with E-state index in [9.17, 15) is 24.6 Å². The van der Waals surface area contributed by atoms with Gasteiger partial charge in [0.1, 0.15) is 22.1 Å². The van der Waals surface area contributed by atoms with E-state index in [1.807, 2.05) is 43.3 Å². The molecule has 52 heavy (non-hydrogen) atoms. The lowest BCUT2D eigenvalue weighted by atomic mass is 9.69. The van der Waals surface area contributed by atoms with Gasteiger partial charge in [-0.15, -0.1) is 0 Å². The van der Waals surface area contributed by atoms with Crippen LogP contribution in [0.2, 0.25) is 5.02 Å². The molecule has 1 spiro atoms. The fourth-order valence-corrected chi connectivity index (χ4v) is 6.89. The van der Waals surface area contributed by atoms with Crippen molar-refractivity contribution in [2.75, 3.05) is 40.3 Å². The molecule has 0 saturated carbocycles. The van der Waals surface area contributed by atoms with Crippen LogP contribution in [0.1, 0.15) is 47.5 Å². The lowest BCUT2D eigenvalue weighted by molar-refractivity contribution is -0.122. The summed E-state index contributed by atoms with van der Waals surface area (Å²) in [5, 5.41) is 29.2. The molecular formula is C37H37ClN4O10. The van der Waals surface area contributed by atoms with Crippen molar-refractivity contribution < 1.29 is 48.1 Å². The number of nitrogens with zero attached hydrogens (tertiary/aromatic N) is 3. The summed E-state index contributed by atoms with van der Waals surface area (Å²) >= 11 is 6.59. The molecule has 3 aromatic carbocycles. The van der Waals surface area contributed by atoms with Gasteiger partial charge in [0.25, 0.3) is 0 Å². The second-order valence-corrected chi connectivity index (χ2v) is 13.1. The zero-order valence-electron chi connectivity index (χ0n) is 29.3. The van der Waals surface area contributed by atoms with Crippen LogP contribution in [0.3, 0.4) is 0 Å². The number of aromatic hydroxyl groups is 1. The zero-order chi connectivity index (χ0) is 37.5. The quantitative estimate of drug-likeness (QED) is 0.178. The van der Waals surface area contributed by atoms with Crippen molar-refractivity contribution in [1.29, 1.82) is 0 Å². The second kappa shape index (κ2) is 14.1. The lowest BCUT2D eigenvalue weighted by Gasteiger charge is -2.38. The molecule has 3 atom stereocenters. The monoisotopic (exact) mass is 732 g/mol. The minimum Gasteiger partial charge on any atom is -0.507 e. The number of aromatic nitrogens is 2. The standard InChI is InChI=1S/C37H37ClN4O10/c1-18-13-24(44)30(34(46)37(18)35(47)31-26(49-5)16-27(50-6)32(38)33(31)51-37)22(20-9-12-23(43)25(14-20)48-4)15-28(45)39-17-29-40-36(41-52-29)19-7-10-21(11-8-19)42(2)3/h7-12,14,16,18,22,43,46H,13,15,17H2,1-6H3,(H,39,45). The maximum atomic E-state index is 14.3. The van der Waals surface area contributed by atoms with Crippen molar-refractivity contribution >= 4 is 34.8 Å². The first-order chi connectivity index (χ1) is 24.8. The Bertz CT molecular complexity index is 2090. The summed E-state index contributed by atoms with van der Waals surface area (Å²) in [5.41, 5.74) is -0.256. The number of Topliss-reactive ketones (excluding diaryl/α,β-unsaturated/α-hetero) is 2. The molecular weight excluding hydrogens is 696 g/mol. The van der Waals surface area contributed by atoms with Gasteiger partial charge in [0.2, 0.25) is 29.0 Å². The summed E-state index contributed by atoms with van der Waals surface area (Å²) in [6.45, 7) is 1.47. The molecule has 3 unspecified atom stereocenters. The predicted molar refractivity (Wildman–Crippen MR) is 189 cm³/mol. The van der Waals surface area contributed by atoms with E-state index < -0.39 is 40.7 Å². The van der Waals surface area contributed by atoms with Crippen LogP contribution in [-0.2, 0) is 16.1 Å². The minimum atomic E-state index is -2.07. The number of nitrogens with one attached hydrogen (secondary N) is 1. The molecule has 15 heteroatoms. The van der Waals surface area contributed by atoms with Gasteiger partial charge in [0, 0.05) is 61.7 Å². The third-order valence-corrected chi connectivity index (χ3v) is 9.76. The molecule has 2 aliphatic rings. The Hall–Kier alpha value is -5.76. The number of anilines is 1. The SMILES string of the molecule is COc1cc(C(CC(=O)NCc2nc(-c3ccc(N(C)C)cc3)no2)C2=C(O)C3(Oc4c(Cl)c(OC)cc(OC)c4C3=O)C(C)CC2=O)ccc1O. The van der Waals surface area contributed by atoms with Gasteiger partial charge in [-0.1, -0.05) is 29.7 Å². The van der Waals surface area contributed by atoms with E-state index in [-0.39, 0.29) is 70.2 Å². The minimum absolute atomic E-state index is 0.0177. The average Bonchev–Trinajstić information content (AvgIpc) is 3.74. The molecule has 4 aromatic rings. The fraction of sp³-hybridized carbons (Fsp3) is 0.324. The van der Waals surface area contributed by atoms with Gasteiger partial charge >= 0.3 is 0 Å². The topological polar surface area (TPSA) is 183 Å². The lowest BCUT2D eigenvalue weighted by Crippen LogP contribution is -2.53. The molecule has 0 radical (unpaired) electrons. The van der Waals surface area contributed by atoms with Crippen molar-refractivity contribution in [2.45, 2.75) is 37.8 Å². The highest BCUT2D eigenvalue weighted by molar-refractivity contribution is 6.35. The Morgan fingerprint density at radius 3 is 2.38 bits per heavy atom. The number of hydrogen-bond acceptors (Lipinski definition) is 13. The number of halogens is 1. The van der Waals surface area contributed by atoms with Crippen LogP contribution in [-0.4, -0.2) is 78.9 Å². The molecule has 1 aliphatic heterocycles. The number of carbonyl (C=O) groups excluding carboxylic acids is 3. The largest absolute Gasteiger partial charge is 0.507 e. The molecule has 2 heterocycles. The molecule has 0 fully saturated rings. The third kappa shape index (κ3) is 6.12. The Morgan fingerprint density at radius 2 is 1.73 bits per heavy atom. The van der Waals surface area contributed by atoms with Gasteiger partial charge in [0.05, 0.1) is 27.9 Å². The van der Waals surface area contributed by atoms with E-state index in [0.29, 0.717) is 11.4 Å². The molecule has 3 N–H and O–H groups in total. The van der Waals surface area contributed by atoms with Crippen LogP contribution < -0.4 is 29.2 Å². The Labute approximate surface area is 303 Å². The number of rotatable bonds is 11. The highest BCUT2D eigenvalue weighted by atomic mass is 35.5. The van der Waals surface area contributed by atoms with E-state index in [4.69, 9.17) is 35.1 Å². The van der Waals surface area contributed by atoms with Crippen LogP contribution in [0.4, 0.5) is 5.69 Å². The van der Waals surface area contributed by atoms with Gasteiger partial charge in [-0.25, -0.2) is 0 Å². The summed E-state index contributed by atoms with van der Waals surface area (Å²) in [5.74, 6) is -3.83. The molecule has 6 rings (SSSR count). The number of phenolic OH excluding ortho intramolecular Hbond substituents is 1. The number of phenols is 1. The first-order valence-corrected chi connectivity index (χ1v) is 16.6. The van der Waals surface area contributed by atoms with Gasteiger partial charge in [0.15, 0.2) is 28.8 Å². The molecule has 14 nitrogen and oxygen atoms in total. The molecule has 1 aromatic heterocycles. The summed E-state index contributed by atoms with van der Waals surface area (Å²) in [7, 11) is 7.96.